The molecule has 1 aromatic rings. The first-order valence-electron chi connectivity index (χ1n) is 6.80. The molecule has 0 aliphatic rings. The van der Waals surface area contributed by atoms with Gasteiger partial charge in [-0.05, 0) is 31.6 Å². The average Bonchev–Trinajstić information content (AvgIpc) is 2.40. The molecule has 21 heavy (non-hydrogen) atoms. The molecule has 0 aromatic heterocycles. The maximum absolute atomic E-state index is 11.6. The molecule has 0 saturated heterocycles. The fourth-order valence-corrected chi connectivity index (χ4v) is 2.00. The van der Waals surface area contributed by atoms with Crippen molar-refractivity contribution in [1.82, 2.24) is 5.32 Å². The number of nitrogens with zero attached hydrogens (tertiary/aromatic N) is 1. The van der Waals surface area contributed by atoms with Gasteiger partial charge in [-0.15, -0.1) is 0 Å². The summed E-state index contributed by atoms with van der Waals surface area (Å²) < 4.78 is 0. The van der Waals surface area contributed by atoms with E-state index in [0.717, 1.165) is 19.3 Å². The van der Waals surface area contributed by atoms with Crippen LogP contribution in [0.4, 0.5) is 11.4 Å². The fourth-order valence-electron chi connectivity index (χ4n) is 1.77. The molecule has 0 atom stereocenters. The summed E-state index contributed by atoms with van der Waals surface area (Å²) in [5, 5.41) is 16.4. The van der Waals surface area contributed by atoms with Crippen molar-refractivity contribution in [2.24, 2.45) is 0 Å². The molecule has 0 radical (unpaired) electrons. The third-order valence-electron chi connectivity index (χ3n) is 2.92. The highest BCUT2D eigenvalue weighted by atomic mass is 32.1. The lowest BCUT2D eigenvalue weighted by atomic mass is 10.2. The lowest BCUT2D eigenvalue weighted by Crippen LogP contribution is -2.33. The van der Waals surface area contributed by atoms with Gasteiger partial charge in [0.1, 0.15) is 0 Å². The highest BCUT2D eigenvalue weighted by molar-refractivity contribution is 7.80. The van der Waals surface area contributed by atoms with Crippen LogP contribution < -0.4 is 10.6 Å². The highest BCUT2D eigenvalue weighted by Gasteiger charge is 2.12. The smallest absolute Gasteiger partial charge is 0.274 e. The van der Waals surface area contributed by atoms with Gasteiger partial charge in [-0.3, -0.25) is 14.9 Å². The molecule has 7 heteroatoms. The number of carbonyl (C=O) groups is 1. The summed E-state index contributed by atoms with van der Waals surface area (Å²) in [4.78, 5) is 22.0. The van der Waals surface area contributed by atoms with Gasteiger partial charge in [-0.1, -0.05) is 25.8 Å². The molecule has 0 fully saturated rings. The number of benzene rings is 1. The molecular formula is C14H19N3O3S. The van der Waals surface area contributed by atoms with Crippen LogP contribution in [0.3, 0.4) is 0 Å². The van der Waals surface area contributed by atoms with Gasteiger partial charge in [0.2, 0.25) is 5.91 Å². The number of carbonyl (C=O) groups excluding carboxylic acids is 1. The van der Waals surface area contributed by atoms with Crippen LogP contribution in [0.1, 0.15) is 38.2 Å². The summed E-state index contributed by atoms with van der Waals surface area (Å²) in [5.41, 5.74) is 1.06. The zero-order chi connectivity index (χ0) is 15.8. The Morgan fingerprint density at radius 1 is 1.38 bits per heavy atom. The monoisotopic (exact) mass is 309 g/mol. The van der Waals surface area contributed by atoms with E-state index >= 15 is 0 Å². The normalized spacial score (nSPS) is 10.0. The van der Waals surface area contributed by atoms with Crippen LogP contribution in [-0.2, 0) is 4.79 Å². The maximum Gasteiger partial charge on any atom is 0.274 e. The predicted molar refractivity (Wildman–Crippen MR) is 86.3 cm³/mol. The molecule has 0 aliphatic heterocycles. The number of aryl methyl sites for hydroxylation is 1. The molecule has 1 amide bonds. The minimum atomic E-state index is -0.451. The van der Waals surface area contributed by atoms with Gasteiger partial charge in [0.25, 0.3) is 5.69 Å². The Hall–Kier alpha value is -2.02. The molecular weight excluding hydrogens is 290 g/mol. The Kier molecular flexibility index (Phi) is 6.74. The van der Waals surface area contributed by atoms with Crippen molar-refractivity contribution in [3.05, 3.63) is 33.9 Å². The van der Waals surface area contributed by atoms with Crippen molar-refractivity contribution >= 4 is 34.6 Å². The lowest BCUT2D eigenvalue weighted by molar-refractivity contribution is -0.385. The summed E-state index contributed by atoms with van der Waals surface area (Å²) >= 11 is 5.02. The first kappa shape index (κ1) is 17.0. The van der Waals surface area contributed by atoms with E-state index in [2.05, 4.69) is 17.6 Å². The van der Waals surface area contributed by atoms with E-state index in [0.29, 0.717) is 17.7 Å². The molecule has 6 nitrogen and oxygen atoms in total. The highest BCUT2D eigenvalue weighted by Crippen LogP contribution is 2.22. The minimum absolute atomic E-state index is 0.0112. The molecule has 0 aliphatic carbocycles. The zero-order valence-corrected chi connectivity index (χ0v) is 13.0. The summed E-state index contributed by atoms with van der Waals surface area (Å²) in [5.74, 6) is -0.150. The Morgan fingerprint density at radius 3 is 2.71 bits per heavy atom. The predicted octanol–water partition coefficient (Wildman–Crippen LogP) is 3.30. The van der Waals surface area contributed by atoms with Crippen molar-refractivity contribution in [2.45, 2.75) is 39.5 Å². The van der Waals surface area contributed by atoms with Crippen LogP contribution in [0.2, 0.25) is 0 Å². The van der Waals surface area contributed by atoms with Crippen LogP contribution in [0, 0.1) is 17.0 Å². The summed E-state index contributed by atoms with van der Waals surface area (Å²) in [6.45, 7) is 3.73. The van der Waals surface area contributed by atoms with Gasteiger partial charge in [-0.25, -0.2) is 0 Å². The van der Waals surface area contributed by atoms with Gasteiger partial charge < -0.3 is 10.6 Å². The zero-order valence-electron chi connectivity index (χ0n) is 12.1. The Balaban J connectivity index is 2.57. The second-order valence-electron chi connectivity index (χ2n) is 4.72. The van der Waals surface area contributed by atoms with E-state index < -0.39 is 4.92 Å². The second kappa shape index (κ2) is 8.31. The third-order valence-corrected chi connectivity index (χ3v) is 3.13. The number of nitro benzene ring substituents is 1. The number of anilines is 1. The van der Waals surface area contributed by atoms with Gasteiger partial charge >= 0.3 is 0 Å². The standard InChI is InChI=1S/C14H19N3O3S/c1-3-4-5-6-13(18)16-14(21)15-11-8-7-10(2)12(9-11)17(19)20/h7-9H,3-6H2,1-2H3,(H2,15,16,18,21). The van der Waals surface area contributed by atoms with Crippen LogP contribution in [0.25, 0.3) is 0 Å². The Labute approximate surface area is 129 Å². The summed E-state index contributed by atoms with van der Waals surface area (Å²) in [6, 6.07) is 4.70. The molecule has 0 unspecified atom stereocenters. The van der Waals surface area contributed by atoms with Crippen LogP contribution in [0.5, 0.6) is 0 Å². The van der Waals surface area contributed by atoms with E-state index in [1.165, 1.54) is 6.07 Å². The number of unbranched alkanes of at least 4 members (excludes halogenated alkanes) is 2. The molecule has 0 saturated carbocycles. The SMILES string of the molecule is CCCCCC(=O)NC(=S)Nc1ccc(C)c([N+](=O)[O-])c1. The fraction of sp³-hybridized carbons (Fsp3) is 0.429. The average molecular weight is 309 g/mol. The van der Waals surface area contributed by atoms with Gasteiger partial charge in [-0.2, -0.15) is 0 Å². The summed E-state index contributed by atoms with van der Waals surface area (Å²) in [6.07, 6.45) is 3.28. The summed E-state index contributed by atoms with van der Waals surface area (Å²) in [7, 11) is 0. The van der Waals surface area contributed by atoms with E-state index in [9.17, 15) is 14.9 Å². The topological polar surface area (TPSA) is 84.3 Å². The van der Waals surface area contributed by atoms with Gasteiger partial charge in [0.15, 0.2) is 5.11 Å². The van der Waals surface area contributed by atoms with Gasteiger partial charge in [0.05, 0.1) is 4.92 Å². The first-order valence-corrected chi connectivity index (χ1v) is 7.20. The Bertz CT molecular complexity index is 546. The lowest BCUT2D eigenvalue weighted by Gasteiger charge is -2.10. The number of amides is 1. The molecule has 2 N–H and O–H groups in total. The van der Waals surface area contributed by atoms with Crippen molar-refractivity contribution in [3.63, 3.8) is 0 Å². The third kappa shape index (κ3) is 5.86. The maximum atomic E-state index is 11.6. The number of nitro groups is 1. The van der Waals surface area contributed by atoms with Crippen molar-refractivity contribution in [1.29, 1.82) is 0 Å². The van der Waals surface area contributed by atoms with Gasteiger partial charge in [0, 0.05) is 23.7 Å². The van der Waals surface area contributed by atoms with E-state index in [-0.39, 0.29) is 16.7 Å². The molecule has 1 rings (SSSR count). The number of rotatable bonds is 6. The number of hydrogen-bond donors (Lipinski definition) is 2. The number of nitrogens with one attached hydrogen (secondary N) is 2. The molecule has 0 heterocycles. The van der Waals surface area contributed by atoms with E-state index in [1.54, 1.807) is 19.1 Å². The van der Waals surface area contributed by atoms with Crippen LogP contribution in [-0.4, -0.2) is 15.9 Å². The van der Waals surface area contributed by atoms with E-state index in [4.69, 9.17) is 12.2 Å². The molecule has 114 valence electrons. The van der Waals surface area contributed by atoms with Crippen molar-refractivity contribution in [2.75, 3.05) is 5.32 Å². The van der Waals surface area contributed by atoms with E-state index in [1.807, 2.05) is 0 Å². The van der Waals surface area contributed by atoms with Crippen LogP contribution >= 0.6 is 12.2 Å². The Morgan fingerprint density at radius 2 is 2.10 bits per heavy atom. The van der Waals surface area contributed by atoms with Crippen molar-refractivity contribution < 1.29 is 9.72 Å². The minimum Gasteiger partial charge on any atom is -0.332 e. The molecule has 0 spiro atoms. The van der Waals surface area contributed by atoms with Crippen LogP contribution in [0.15, 0.2) is 18.2 Å². The molecule has 0 bridgehead atoms. The first-order chi connectivity index (χ1) is 9.93. The second-order valence-corrected chi connectivity index (χ2v) is 5.13. The number of hydrogen-bond acceptors (Lipinski definition) is 4. The quantitative estimate of drug-likeness (QED) is 0.364. The number of thiocarbonyl (C=S) groups is 1. The van der Waals surface area contributed by atoms with Crippen molar-refractivity contribution in [3.8, 4) is 0 Å². The largest absolute Gasteiger partial charge is 0.332 e. The molecule has 1 aromatic carbocycles.